The number of rotatable bonds is 8. The highest BCUT2D eigenvalue weighted by molar-refractivity contribution is 6.30. The molecule has 0 radical (unpaired) electrons. The first kappa shape index (κ1) is 28.6. The first-order chi connectivity index (χ1) is 18.6. The van der Waals surface area contributed by atoms with Crippen molar-refractivity contribution in [3.05, 3.63) is 69.8 Å². The molecule has 212 valence electrons. The molecule has 3 heterocycles. The van der Waals surface area contributed by atoms with Gasteiger partial charge in [-0.05, 0) is 36.4 Å². The van der Waals surface area contributed by atoms with Gasteiger partial charge in [0.15, 0.2) is 29.3 Å². The normalized spacial score (nSPS) is 12.9. The number of hydrogen-bond donors (Lipinski definition) is 2. The molecule has 0 aliphatic carbocycles. The van der Waals surface area contributed by atoms with Crippen LogP contribution in [0.4, 0.5) is 26.3 Å². The lowest BCUT2D eigenvalue weighted by molar-refractivity contribution is -0.274. The second-order valence-electron chi connectivity index (χ2n) is 7.94. The lowest BCUT2D eigenvalue weighted by Gasteiger charge is -2.15. The number of hydrogen-bond acceptors (Lipinski definition) is 8. The summed E-state index contributed by atoms with van der Waals surface area (Å²) in [6.45, 7) is -1.90. The van der Waals surface area contributed by atoms with E-state index in [0.717, 1.165) is 18.3 Å². The summed E-state index contributed by atoms with van der Waals surface area (Å²) in [5.41, 5.74) is 4.32. The van der Waals surface area contributed by atoms with Crippen molar-refractivity contribution >= 4 is 17.5 Å². The number of primary amides is 1. The first-order valence-corrected chi connectivity index (χ1v) is 11.2. The number of carbonyl (C=O) groups is 1. The maximum absolute atomic E-state index is 13.1. The summed E-state index contributed by atoms with van der Waals surface area (Å²) >= 11 is 5.85. The highest BCUT2D eigenvalue weighted by Crippen LogP contribution is 2.28. The first-order valence-electron chi connectivity index (χ1n) is 10.8. The number of nitrogens with two attached hydrogens (primary N) is 1. The Kier molecular flexibility index (Phi) is 7.57. The van der Waals surface area contributed by atoms with E-state index in [2.05, 4.69) is 24.9 Å². The molecular formula is C21H15ClF6N8O4. The number of ether oxygens (including phenoxy) is 1. The molecule has 40 heavy (non-hydrogen) atoms. The van der Waals surface area contributed by atoms with E-state index in [1.54, 1.807) is 0 Å². The van der Waals surface area contributed by atoms with Crippen LogP contribution in [0.15, 0.2) is 47.4 Å². The fourth-order valence-corrected chi connectivity index (χ4v) is 3.53. The molecule has 3 N–H and O–H groups in total. The van der Waals surface area contributed by atoms with E-state index in [-0.39, 0.29) is 16.4 Å². The van der Waals surface area contributed by atoms with Gasteiger partial charge >= 0.3 is 18.2 Å². The Morgan fingerprint density at radius 2 is 1.77 bits per heavy atom. The second-order valence-corrected chi connectivity index (χ2v) is 8.38. The van der Waals surface area contributed by atoms with Crippen molar-refractivity contribution in [2.24, 2.45) is 5.73 Å². The Balaban J connectivity index is 1.78. The maximum Gasteiger partial charge on any atom is 0.573 e. The number of alkyl halides is 6. The van der Waals surface area contributed by atoms with Crippen molar-refractivity contribution < 1.29 is 41.0 Å². The molecule has 0 fully saturated rings. The zero-order valence-corrected chi connectivity index (χ0v) is 20.3. The Morgan fingerprint density at radius 1 is 1.10 bits per heavy atom. The van der Waals surface area contributed by atoms with E-state index >= 15 is 0 Å². The van der Waals surface area contributed by atoms with E-state index in [1.807, 2.05) is 0 Å². The van der Waals surface area contributed by atoms with Crippen LogP contribution < -0.4 is 16.2 Å². The van der Waals surface area contributed by atoms with Gasteiger partial charge in [0.1, 0.15) is 6.54 Å². The largest absolute Gasteiger partial charge is 0.573 e. The standard InChI is InChI=1S/C21H15ClF6N8O4/c22-11-5-3-10(4-6-11)16-33-35(19(39)34(16)8-13(37)20(23,24)25)9-14-31-18(15(29)38)36(32-14)17-12(2-1-7-30-17)40-21(26,27)28/h1-7,13,37H,8-9H2,(H2,29,38). The summed E-state index contributed by atoms with van der Waals surface area (Å²) in [5, 5.41) is 17.8. The lowest BCUT2D eigenvalue weighted by atomic mass is 10.2. The molecule has 1 atom stereocenters. The Hall–Kier alpha value is -4.45. The van der Waals surface area contributed by atoms with Crippen LogP contribution in [0.1, 0.15) is 16.4 Å². The molecule has 1 aromatic carbocycles. The van der Waals surface area contributed by atoms with Gasteiger partial charge in [0.2, 0.25) is 5.82 Å². The molecule has 19 heteroatoms. The summed E-state index contributed by atoms with van der Waals surface area (Å²) in [7, 11) is 0. The van der Waals surface area contributed by atoms with E-state index < -0.39 is 66.5 Å². The minimum absolute atomic E-state index is 0.161. The van der Waals surface area contributed by atoms with Crippen molar-refractivity contribution in [1.82, 2.24) is 34.1 Å². The molecule has 0 aliphatic heterocycles. The molecule has 1 amide bonds. The average Bonchev–Trinajstić information content (AvgIpc) is 3.40. The lowest BCUT2D eigenvalue weighted by Crippen LogP contribution is -2.37. The van der Waals surface area contributed by atoms with E-state index in [4.69, 9.17) is 17.3 Å². The van der Waals surface area contributed by atoms with Crippen LogP contribution in [-0.4, -0.2) is 63.8 Å². The van der Waals surface area contributed by atoms with Crippen molar-refractivity contribution in [2.75, 3.05) is 0 Å². The number of aliphatic hydroxyl groups excluding tert-OH is 1. The zero-order chi connectivity index (χ0) is 29.4. The SMILES string of the molecule is NC(=O)c1nc(Cn2nc(-c3ccc(Cl)cc3)n(CC(O)C(F)(F)F)c2=O)nn1-c1ncccc1OC(F)(F)F. The van der Waals surface area contributed by atoms with Crippen LogP contribution in [0.3, 0.4) is 0 Å². The molecular weight excluding hydrogens is 578 g/mol. The Labute approximate surface area is 223 Å². The van der Waals surface area contributed by atoms with Crippen LogP contribution in [-0.2, 0) is 13.1 Å². The maximum atomic E-state index is 13.1. The van der Waals surface area contributed by atoms with E-state index in [9.17, 15) is 41.0 Å². The van der Waals surface area contributed by atoms with Crippen molar-refractivity contribution in [3.8, 4) is 23.0 Å². The highest BCUT2D eigenvalue weighted by atomic mass is 35.5. The Bertz CT molecular complexity index is 1600. The van der Waals surface area contributed by atoms with Crippen LogP contribution in [0.2, 0.25) is 5.02 Å². The average molecular weight is 593 g/mol. The quantitative estimate of drug-likeness (QED) is 0.295. The van der Waals surface area contributed by atoms with E-state index in [1.165, 1.54) is 24.3 Å². The zero-order valence-electron chi connectivity index (χ0n) is 19.6. The molecule has 4 aromatic rings. The fourth-order valence-electron chi connectivity index (χ4n) is 3.41. The minimum Gasteiger partial charge on any atom is -0.402 e. The van der Waals surface area contributed by atoms with Gasteiger partial charge in [0.25, 0.3) is 5.91 Å². The van der Waals surface area contributed by atoms with Gasteiger partial charge in [-0.2, -0.15) is 17.9 Å². The van der Waals surface area contributed by atoms with Crippen LogP contribution in [0, 0.1) is 0 Å². The summed E-state index contributed by atoms with van der Waals surface area (Å²) in [4.78, 5) is 32.6. The molecule has 1 unspecified atom stereocenters. The molecule has 0 spiro atoms. The number of halogens is 7. The fraction of sp³-hybridized carbons (Fsp3) is 0.238. The molecule has 12 nitrogen and oxygen atoms in total. The third-order valence-electron chi connectivity index (χ3n) is 5.10. The smallest absolute Gasteiger partial charge is 0.402 e. The van der Waals surface area contributed by atoms with Crippen LogP contribution >= 0.6 is 11.6 Å². The minimum atomic E-state index is -5.13. The Morgan fingerprint density at radius 3 is 2.38 bits per heavy atom. The number of aromatic nitrogens is 7. The third-order valence-corrected chi connectivity index (χ3v) is 5.35. The summed E-state index contributed by atoms with van der Waals surface area (Å²) in [6.07, 6.45) is -12.0. The number of amides is 1. The molecule has 3 aromatic heterocycles. The molecule has 0 bridgehead atoms. The third kappa shape index (κ3) is 6.23. The van der Waals surface area contributed by atoms with Gasteiger partial charge < -0.3 is 15.6 Å². The van der Waals surface area contributed by atoms with Gasteiger partial charge in [-0.25, -0.2) is 19.4 Å². The van der Waals surface area contributed by atoms with Gasteiger partial charge in [-0.15, -0.1) is 23.4 Å². The van der Waals surface area contributed by atoms with Crippen molar-refractivity contribution in [3.63, 3.8) is 0 Å². The van der Waals surface area contributed by atoms with Crippen molar-refractivity contribution in [1.29, 1.82) is 0 Å². The predicted octanol–water partition coefficient (Wildman–Crippen LogP) is 2.31. The van der Waals surface area contributed by atoms with Gasteiger partial charge in [-0.3, -0.25) is 9.36 Å². The molecule has 4 rings (SSSR count). The highest BCUT2D eigenvalue weighted by Gasteiger charge is 2.39. The topological polar surface area (TPSA) is 156 Å². The molecule has 0 aliphatic rings. The predicted molar refractivity (Wildman–Crippen MR) is 122 cm³/mol. The molecule has 0 saturated carbocycles. The van der Waals surface area contributed by atoms with Gasteiger partial charge in [0.05, 0.1) is 6.54 Å². The monoisotopic (exact) mass is 592 g/mol. The number of carbonyl (C=O) groups excluding carboxylic acids is 1. The number of pyridine rings is 1. The summed E-state index contributed by atoms with van der Waals surface area (Å²) in [5.74, 6) is -4.11. The number of aliphatic hydroxyl groups is 1. The second kappa shape index (κ2) is 10.6. The van der Waals surface area contributed by atoms with Crippen LogP contribution in [0.25, 0.3) is 17.2 Å². The number of nitrogens with zero attached hydrogens (tertiary/aromatic N) is 7. The van der Waals surface area contributed by atoms with E-state index in [0.29, 0.717) is 13.9 Å². The summed E-state index contributed by atoms with van der Waals surface area (Å²) < 4.78 is 83.4. The summed E-state index contributed by atoms with van der Waals surface area (Å²) in [6, 6.07) is 7.52. The van der Waals surface area contributed by atoms with Crippen LogP contribution in [0.5, 0.6) is 5.75 Å². The van der Waals surface area contributed by atoms with Crippen molar-refractivity contribution in [2.45, 2.75) is 31.7 Å². The molecule has 0 saturated heterocycles. The van der Waals surface area contributed by atoms with Gasteiger partial charge in [-0.1, -0.05) is 11.6 Å². The van der Waals surface area contributed by atoms with Gasteiger partial charge in [0, 0.05) is 16.8 Å². The number of benzene rings is 1.